The molecule has 2 rings (SSSR count). The van der Waals surface area contributed by atoms with Crippen LogP contribution in [-0.4, -0.2) is 152 Å². The Labute approximate surface area is 488 Å². The molecule has 13 N–H and O–H groups in total. The molecule has 1 aromatic rings. The number of carbonyl (C=O) groups excluding carboxylic acids is 8. The summed E-state index contributed by atoms with van der Waals surface area (Å²) in [5.74, 6) is -6.31. The number of ether oxygens (including phenoxy) is 4. The molecule has 0 aromatic heterocycles. The van der Waals surface area contributed by atoms with Gasteiger partial charge in [-0.2, -0.15) is 0 Å². The van der Waals surface area contributed by atoms with Gasteiger partial charge in [-0.3, -0.25) is 34.2 Å². The van der Waals surface area contributed by atoms with E-state index in [0.29, 0.717) is 28.9 Å². The minimum atomic E-state index is -4.26. The van der Waals surface area contributed by atoms with Gasteiger partial charge in [0.2, 0.25) is 35.5 Å². The largest absolute Gasteiger partial charge is 0.487 e. The molecule has 0 saturated heterocycles. The first-order chi connectivity index (χ1) is 38.1. The monoisotopic (exact) mass is 1200 g/mol. The lowest BCUT2D eigenvalue weighted by molar-refractivity contribution is -0.155. The molecule has 0 saturated carbocycles. The predicted octanol–water partition coefficient (Wildman–Crippen LogP) is 2.91. The van der Waals surface area contributed by atoms with Crippen molar-refractivity contribution in [1.82, 2.24) is 47.3 Å². The Kier molecular flexibility index (Phi) is 27.5. The molecule has 83 heavy (non-hydrogen) atoms. The van der Waals surface area contributed by atoms with Gasteiger partial charge >= 0.3 is 24.1 Å². The summed E-state index contributed by atoms with van der Waals surface area (Å²) < 4.78 is 51.6. The molecule has 470 valence electrons. The fraction of sp³-hybridized carbons (Fsp3) is 0.709. The zero-order chi connectivity index (χ0) is 63.4. The van der Waals surface area contributed by atoms with Gasteiger partial charge in [-0.15, -0.1) is 0 Å². The van der Waals surface area contributed by atoms with Crippen LogP contribution in [0.2, 0.25) is 0 Å². The van der Waals surface area contributed by atoms with Crippen LogP contribution >= 0.6 is 0 Å². The number of guanidine groups is 1. The Morgan fingerprint density at radius 2 is 1.07 bits per heavy atom. The third-order valence-corrected chi connectivity index (χ3v) is 14.0. The highest BCUT2D eigenvalue weighted by atomic mass is 32.2. The Morgan fingerprint density at radius 1 is 0.614 bits per heavy atom. The van der Waals surface area contributed by atoms with Crippen LogP contribution < -0.4 is 57.7 Å². The van der Waals surface area contributed by atoms with E-state index in [1.54, 1.807) is 83.1 Å². The smallest absolute Gasteiger partial charge is 0.407 e. The molecular weight excluding hydrogens is 1100 g/mol. The highest BCUT2D eigenvalue weighted by Gasteiger charge is 2.37. The first-order valence-electron chi connectivity index (χ1n) is 27.9. The third kappa shape index (κ3) is 26.9. The molecule has 27 nitrogen and oxygen atoms in total. The number of amides is 7. The number of hydrogen-bond donors (Lipinski definition) is 12. The summed E-state index contributed by atoms with van der Waals surface area (Å²) in [5, 5.41) is 38.9. The number of rotatable bonds is 30. The maximum Gasteiger partial charge on any atom is 0.407 e. The lowest BCUT2D eigenvalue weighted by atomic mass is 9.94. The molecule has 1 aliphatic heterocycles. The standard InChI is InChI=1S/C55H93N11O16S/c1-31-32(2)43(33(3)35-29-55(14,15)80-42(31)35)83(77,78)66-49(57)58-28-20-23-36(63-44(69)34(4)56)45(70)61-30-40(67)62-37(21-16-18-26-59-50(75)81-53(8,9)10)46(71)64-38(22-17-19-27-60-51(76)82-54(11,12)13)47(72)65-39(48(73)74)24-25-41(68)79-52(5,6)7/h34,36-39H,16-30,56H2,1-15H3,(H,59,75)(H,60,76)(H,61,70)(H,62,67)(H,63,69)(H,64,71)(H,65,72)(H,73,74)(H3,57,58,66)/t34-,36-,37-,38-,39-/m0/s1. The highest BCUT2D eigenvalue weighted by molar-refractivity contribution is 7.90. The van der Waals surface area contributed by atoms with E-state index in [2.05, 4.69) is 47.3 Å². The van der Waals surface area contributed by atoms with Crippen molar-refractivity contribution >= 4 is 69.6 Å². The van der Waals surface area contributed by atoms with E-state index >= 15 is 0 Å². The summed E-state index contributed by atoms with van der Waals surface area (Å²) >= 11 is 0. The number of hydrogen-bond acceptors (Lipinski definition) is 17. The van der Waals surface area contributed by atoms with Gasteiger partial charge in [0, 0.05) is 38.0 Å². The molecule has 1 aliphatic rings. The molecule has 7 amide bonds. The molecule has 1 aromatic carbocycles. The maximum absolute atomic E-state index is 14.2. The summed E-state index contributed by atoms with van der Waals surface area (Å²) in [6.07, 6.45) is -0.779. The average molecular weight is 1200 g/mol. The number of carbonyl (C=O) groups is 9. The normalized spacial score (nSPS) is 14.7. The molecule has 5 atom stereocenters. The Hall–Kier alpha value is -6.97. The van der Waals surface area contributed by atoms with Crippen LogP contribution in [0.15, 0.2) is 4.90 Å². The van der Waals surface area contributed by atoms with E-state index < -0.39 is 129 Å². The predicted molar refractivity (Wildman–Crippen MR) is 308 cm³/mol. The molecule has 0 unspecified atom stereocenters. The molecule has 28 heteroatoms. The van der Waals surface area contributed by atoms with Gasteiger partial charge in [0.15, 0.2) is 0 Å². The minimum Gasteiger partial charge on any atom is -0.487 e. The average Bonchev–Trinajstić information content (AvgIpc) is 1.98. The minimum absolute atomic E-state index is 0.0335. The van der Waals surface area contributed by atoms with Crippen molar-refractivity contribution in [3.05, 3.63) is 22.3 Å². The molecule has 0 radical (unpaired) electrons. The lowest BCUT2D eigenvalue weighted by Gasteiger charge is -2.25. The first-order valence-corrected chi connectivity index (χ1v) is 29.4. The number of aliphatic carboxylic acids is 1. The van der Waals surface area contributed by atoms with Crippen molar-refractivity contribution in [3.63, 3.8) is 0 Å². The summed E-state index contributed by atoms with van der Waals surface area (Å²) in [4.78, 5) is 118. The van der Waals surface area contributed by atoms with Crippen LogP contribution in [0.4, 0.5) is 9.59 Å². The second-order valence-corrected chi connectivity index (χ2v) is 25.8. The number of esters is 1. The maximum atomic E-state index is 14.2. The molecule has 0 aliphatic carbocycles. The van der Waals surface area contributed by atoms with Gasteiger partial charge < -0.3 is 72.3 Å². The van der Waals surface area contributed by atoms with Crippen LogP contribution in [0.1, 0.15) is 170 Å². The Morgan fingerprint density at radius 3 is 1.57 bits per heavy atom. The van der Waals surface area contributed by atoms with Gasteiger partial charge in [-0.25, -0.2) is 27.5 Å². The molecule has 1 heterocycles. The Bertz CT molecular complexity index is 2610. The second-order valence-electron chi connectivity index (χ2n) is 24.2. The van der Waals surface area contributed by atoms with Crippen LogP contribution in [0, 0.1) is 26.2 Å². The van der Waals surface area contributed by atoms with Crippen molar-refractivity contribution in [3.8, 4) is 5.75 Å². The van der Waals surface area contributed by atoms with E-state index in [-0.39, 0.29) is 88.7 Å². The van der Waals surface area contributed by atoms with E-state index in [4.69, 9.17) is 30.1 Å². The number of alkyl carbamates (subject to hydrolysis) is 2. The number of carboxylic acid groups (broad SMARTS) is 1. The van der Waals surface area contributed by atoms with Gasteiger partial charge in [-0.05, 0) is 178 Å². The van der Waals surface area contributed by atoms with E-state index in [1.807, 2.05) is 13.8 Å². The van der Waals surface area contributed by atoms with Crippen LogP contribution in [0.3, 0.4) is 0 Å². The van der Waals surface area contributed by atoms with Crippen LogP contribution in [0.5, 0.6) is 5.75 Å². The van der Waals surface area contributed by atoms with Gasteiger partial charge in [0.05, 0.1) is 17.5 Å². The number of nitrogens with one attached hydrogen (secondary N) is 10. The van der Waals surface area contributed by atoms with Gasteiger partial charge in [-0.1, -0.05) is 0 Å². The third-order valence-electron chi connectivity index (χ3n) is 12.4. The number of unbranched alkanes of at least 4 members (excludes halogenated alkanes) is 2. The highest BCUT2D eigenvalue weighted by Crippen LogP contribution is 2.43. The second kappa shape index (κ2) is 31.6. The molecular formula is C55H93N11O16S. The number of sulfonamides is 1. The van der Waals surface area contributed by atoms with Gasteiger partial charge in [0.1, 0.15) is 52.3 Å². The summed E-state index contributed by atoms with van der Waals surface area (Å²) in [5.41, 5.74) is 5.29. The quantitative estimate of drug-likeness (QED) is 0.0173. The van der Waals surface area contributed by atoms with Crippen molar-refractivity contribution in [1.29, 1.82) is 5.41 Å². The fourth-order valence-electron chi connectivity index (χ4n) is 8.45. The molecule has 0 bridgehead atoms. The van der Waals surface area contributed by atoms with E-state index in [0.717, 1.165) is 5.56 Å². The number of carboxylic acids is 1. The van der Waals surface area contributed by atoms with Crippen molar-refractivity contribution in [2.24, 2.45) is 5.73 Å². The van der Waals surface area contributed by atoms with E-state index in [1.165, 1.54) is 6.92 Å². The van der Waals surface area contributed by atoms with Crippen LogP contribution in [-0.2, 0) is 64.2 Å². The van der Waals surface area contributed by atoms with E-state index in [9.17, 15) is 56.7 Å². The van der Waals surface area contributed by atoms with Crippen LogP contribution in [0.25, 0.3) is 0 Å². The lowest BCUT2D eigenvalue weighted by Crippen LogP contribution is -2.57. The zero-order valence-electron chi connectivity index (χ0n) is 51.0. The number of nitrogens with two attached hydrogens (primary N) is 1. The number of benzene rings is 1. The van der Waals surface area contributed by atoms with Gasteiger partial charge in [0.25, 0.3) is 10.0 Å². The fourth-order valence-corrected chi connectivity index (χ4v) is 9.97. The van der Waals surface area contributed by atoms with Crippen molar-refractivity contribution in [2.45, 2.75) is 232 Å². The summed E-state index contributed by atoms with van der Waals surface area (Å²) in [7, 11) is -4.26. The first kappa shape index (κ1) is 72.1. The zero-order valence-corrected chi connectivity index (χ0v) is 51.9. The summed E-state index contributed by atoms with van der Waals surface area (Å²) in [6, 6.07) is -6.73. The Balaban J connectivity index is 2.29. The topological polar surface area (TPSA) is 403 Å². The van der Waals surface area contributed by atoms with Crippen molar-refractivity contribution < 1.29 is 75.6 Å². The van der Waals surface area contributed by atoms with Crippen molar-refractivity contribution in [2.75, 3.05) is 26.2 Å². The molecule has 0 fully saturated rings. The summed E-state index contributed by atoms with van der Waals surface area (Å²) in [6.45, 7) is 24.9. The molecule has 0 spiro atoms. The SMILES string of the molecule is Cc1c(C)c(S(=O)(=O)NC(=N)NCCC[C@H](NC(=O)[C@H](C)N)C(=O)NCC(=O)N[C@@H](CCCCNC(=O)OC(C)(C)C)C(=O)N[C@@H](CCCCNC(=O)OC(C)(C)C)C(=O)N[C@@H](CCC(=O)OC(C)(C)C)C(=O)O)c(C)c2c1OC(C)(C)C2. The number of fused-ring (bicyclic) bond motifs is 1.